The number of aliphatic imine (C=N–C) groups is 1. The van der Waals surface area contributed by atoms with Gasteiger partial charge < -0.3 is 104 Å². The molecule has 0 unspecified atom stereocenters. The summed E-state index contributed by atoms with van der Waals surface area (Å²) in [6.07, 6.45) is 7.72. The Morgan fingerprint density at radius 2 is 1.18 bits per heavy atom. The van der Waals surface area contributed by atoms with Gasteiger partial charge in [0.05, 0.1) is 31.4 Å². The number of unbranched alkanes of at least 4 members (excludes halogenated alkanes) is 8. The highest BCUT2D eigenvalue weighted by molar-refractivity contribution is 6.03. The maximum atomic E-state index is 15.0. The van der Waals surface area contributed by atoms with Crippen LogP contribution in [0.5, 0.6) is 0 Å². The number of carbonyl (C=O) groups excluding carboxylic acids is 15. The van der Waals surface area contributed by atoms with E-state index in [9.17, 15) is 87.2 Å². The molecular formula is C76H131N17O19. The number of likely N-dealkylation sites (tertiary alicyclic amines) is 1. The third-order valence-corrected chi connectivity index (χ3v) is 20.5. The Morgan fingerprint density at radius 1 is 0.652 bits per heavy atom. The summed E-state index contributed by atoms with van der Waals surface area (Å²) in [4.78, 5) is 221. The van der Waals surface area contributed by atoms with Crippen molar-refractivity contribution in [2.24, 2.45) is 34.6 Å². The minimum absolute atomic E-state index is 0.148. The van der Waals surface area contributed by atoms with Crippen LogP contribution in [-0.4, -0.2) is 269 Å². The summed E-state index contributed by atoms with van der Waals surface area (Å²) in [6.45, 7) is 23.2. The van der Waals surface area contributed by atoms with Gasteiger partial charge in [-0.15, -0.1) is 0 Å². The molecular weight excluding hydrogens is 1450 g/mol. The normalized spacial score (nSPS) is 24.5. The molecule has 3 aliphatic rings. The molecule has 112 heavy (non-hydrogen) atoms. The van der Waals surface area contributed by atoms with E-state index >= 15 is 0 Å². The van der Waals surface area contributed by atoms with Crippen molar-refractivity contribution in [3.05, 3.63) is 11.8 Å². The summed E-state index contributed by atoms with van der Waals surface area (Å²) in [5.74, 6) is -17.0. The molecule has 36 heteroatoms. The van der Waals surface area contributed by atoms with Crippen molar-refractivity contribution in [2.75, 3.05) is 47.4 Å². The lowest BCUT2D eigenvalue weighted by molar-refractivity contribution is -0.157. The molecule has 3 rings (SSSR count). The third kappa shape index (κ3) is 28.8. The molecule has 36 nitrogen and oxygen atoms in total. The Balaban J connectivity index is 1.92. The number of carbonyl (C=O) groups is 15. The maximum absolute atomic E-state index is 15.0. The Bertz CT molecular complexity index is 3290. The van der Waals surface area contributed by atoms with Gasteiger partial charge in [0.2, 0.25) is 76.8 Å². The minimum Gasteiger partial charge on any atom is -0.458 e. The summed E-state index contributed by atoms with van der Waals surface area (Å²) < 4.78 is 6.04. The summed E-state index contributed by atoms with van der Waals surface area (Å²) in [5, 5.41) is 65.4. The molecule has 0 aromatic rings. The Hall–Kier alpha value is -9.06. The summed E-state index contributed by atoms with van der Waals surface area (Å²) in [5.41, 5.74) is -0.523. The van der Waals surface area contributed by atoms with E-state index < -0.39 is 228 Å². The molecule has 0 aromatic carbocycles. The first-order valence-electron chi connectivity index (χ1n) is 39.6. The molecule has 16 N–H and O–H groups in total. The van der Waals surface area contributed by atoms with Gasteiger partial charge >= 0.3 is 5.97 Å². The highest BCUT2D eigenvalue weighted by Crippen LogP contribution is 2.24. The fourth-order valence-electron chi connectivity index (χ4n) is 13.4. The van der Waals surface area contributed by atoms with E-state index in [2.05, 4.69) is 81.0 Å². The first kappa shape index (κ1) is 97.1. The van der Waals surface area contributed by atoms with Crippen molar-refractivity contribution < 1.29 is 92.0 Å². The molecule has 0 aromatic heterocycles. The van der Waals surface area contributed by atoms with Crippen LogP contribution in [-0.2, 0) is 76.7 Å². The Kier molecular flexibility index (Phi) is 41.2. The fourth-order valence-corrected chi connectivity index (χ4v) is 13.4. The van der Waals surface area contributed by atoms with Gasteiger partial charge in [-0.1, -0.05) is 140 Å². The van der Waals surface area contributed by atoms with Crippen molar-refractivity contribution >= 4 is 94.6 Å². The van der Waals surface area contributed by atoms with Gasteiger partial charge in [0.25, 0.3) is 5.91 Å². The Labute approximate surface area is 659 Å². The van der Waals surface area contributed by atoms with Crippen LogP contribution in [0.4, 0.5) is 0 Å². The van der Waals surface area contributed by atoms with Crippen LogP contribution in [0.1, 0.15) is 201 Å². The van der Waals surface area contributed by atoms with Gasteiger partial charge in [0.1, 0.15) is 84.3 Å². The number of hydrogen-bond donors (Lipinski definition) is 16. The number of esters is 1. The maximum Gasteiger partial charge on any atom is 0.331 e. The third-order valence-electron chi connectivity index (χ3n) is 20.5. The van der Waals surface area contributed by atoms with Crippen LogP contribution in [0.2, 0.25) is 0 Å². The topological polar surface area (TPSA) is 504 Å². The van der Waals surface area contributed by atoms with Crippen LogP contribution in [0.15, 0.2) is 16.8 Å². The van der Waals surface area contributed by atoms with Gasteiger partial charge in [-0.25, -0.2) is 4.79 Å². The van der Waals surface area contributed by atoms with Crippen LogP contribution in [0.25, 0.3) is 0 Å². The highest BCUT2D eigenvalue weighted by atomic mass is 16.5. The van der Waals surface area contributed by atoms with E-state index in [1.54, 1.807) is 67.3 Å². The number of likely N-dealkylation sites (N-methyl/N-ethyl adjacent to an activating group) is 2. The van der Waals surface area contributed by atoms with E-state index in [1.165, 1.54) is 86.2 Å². The van der Waals surface area contributed by atoms with Crippen LogP contribution >= 0.6 is 0 Å². The van der Waals surface area contributed by atoms with Crippen LogP contribution in [0.3, 0.4) is 0 Å². The molecule has 0 saturated carbocycles. The first-order valence-corrected chi connectivity index (χ1v) is 39.6. The number of nitrogens with one attached hydrogen (secondary N) is 13. The monoisotopic (exact) mass is 1590 g/mol. The van der Waals surface area contributed by atoms with E-state index in [0.717, 1.165) is 43.6 Å². The standard InChI is InChI=1S/C76H131N17O19/c1-20-23-24-25-26-27-28-29-30-33-53(98)93-36-31-32-51(93)74(110)92(19)62(46(15)96)73(109)79-37-52(97)83-54(39(4)5)66(102)87-58(43(12)21-2)70(106)80-44(13)63(99)81-48(22-3)64(100)89-60-47(16)112-75(111)61(50-34-35-78-76(77-17)91(50)18)90-69(105)55(40(6)7)84-65(101)49(38-94)82-71(107)59(45(14)95)88-68(104)57(42(10)11)85-67(103)56(41(8)9)86-72(60)108/h22,39-47,49-51,54-62,94-96H,20-21,23-38H2,1-19H3,(H,77,78)(H,79,109)(H,80,106)(H,81,99)(H,82,107)(H,83,97)(H,84,101)(H,85,103)(H,86,108)(H,87,102)(H,88,104)(H,89,100)(H,90,105)/b48-22-/t43-,44-,45+,46+,47-,49+,50+,51+,54-,55-,56-,57+,58-,59-,60-,61+,62+/m1/s1. The number of cyclic esters (lactones) is 1. The summed E-state index contributed by atoms with van der Waals surface area (Å²) in [7, 11) is 4.39. The van der Waals surface area contributed by atoms with Gasteiger partial charge in [0.15, 0.2) is 5.96 Å². The number of amides is 14. The molecule has 0 radical (unpaired) electrons. The highest BCUT2D eigenvalue weighted by Gasteiger charge is 2.45. The second-order valence-corrected chi connectivity index (χ2v) is 30.9. The SMILES string of the molecule is C/C=C(\NC(=O)[C@@H](C)NC(=O)[C@H](NC(=O)[C@H](NC(=O)CNC(=O)[C@H]([C@H](C)O)N(C)C(=O)[C@@H]1CCCN1C(=O)CCCCCCCCCCC)C(C)C)[C@H](C)CC)C(=O)N[C@H]1C(=O)N[C@H](C(C)C)C(=O)N[C@@H](C(C)C)C(=O)N[C@H]([C@H](C)O)C(=O)N[C@@H](CO)C(=O)N[C@H](C(C)C)C(=O)N[C@@H]([C@@H]2CCNC(=NC)N2C)C(=O)O[C@@H]1C. The number of rotatable bonds is 34. The molecule has 3 fully saturated rings. The van der Waals surface area contributed by atoms with Crippen LogP contribution in [0, 0.1) is 29.6 Å². The fraction of sp³-hybridized carbons (Fsp3) is 0.763. The number of aliphatic hydroxyl groups is 3. The van der Waals surface area contributed by atoms with Crippen molar-refractivity contribution in [1.29, 1.82) is 0 Å². The average Bonchev–Trinajstić information content (AvgIpc) is 1.56. The average molecular weight is 1590 g/mol. The van der Waals surface area contributed by atoms with Gasteiger partial charge in [-0.3, -0.25) is 72.1 Å². The Morgan fingerprint density at radius 3 is 1.70 bits per heavy atom. The number of nitrogens with zero attached hydrogens (tertiary/aromatic N) is 4. The molecule has 3 aliphatic heterocycles. The number of aliphatic hydroxyl groups excluding tert-OH is 3. The van der Waals surface area contributed by atoms with Gasteiger partial charge in [-0.05, 0) is 89.9 Å². The zero-order chi connectivity index (χ0) is 84.7. The van der Waals surface area contributed by atoms with Crippen molar-refractivity contribution in [3.63, 3.8) is 0 Å². The molecule has 14 amide bonds. The molecule has 0 bridgehead atoms. The predicted molar refractivity (Wildman–Crippen MR) is 415 cm³/mol. The van der Waals surface area contributed by atoms with Crippen molar-refractivity contribution in [2.45, 2.75) is 298 Å². The van der Waals surface area contributed by atoms with Gasteiger partial charge in [-0.2, -0.15) is 0 Å². The first-order chi connectivity index (χ1) is 52.6. The van der Waals surface area contributed by atoms with E-state index in [0.29, 0.717) is 32.2 Å². The molecule has 0 aliphatic carbocycles. The predicted octanol–water partition coefficient (Wildman–Crippen LogP) is -1.62. The minimum atomic E-state index is -1.98. The molecule has 634 valence electrons. The largest absolute Gasteiger partial charge is 0.458 e. The second-order valence-electron chi connectivity index (χ2n) is 30.9. The lowest BCUT2D eigenvalue weighted by atomic mass is 9.96. The molecule has 3 saturated heterocycles. The van der Waals surface area contributed by atoms with Gasteiger partial charge in [0, 0.05) is 40.7 Å². The number of guanidine groups is 1. The lowest BCUT2D eigenvalue weighted by Crippen LogP contribution is -2.66. The number of ether oxygens (including phenoxy) is 1. The molecule has 17 atom stereocenters. The smallest absolute Gasteiger partial charge is 0.331 e. The number of hydrogen-bond acceptors (Lipinski definition) is 20. The zero-order valence-corrected chi connectivity index (χ0v) is 69.1. The second kappa shape index (κ2) is 47.5. The van der Waals surface area contributed by atoms with Crippen LogP contribution < -0.4 is 69.1 Å². The zero-order valence-electron chi connectivity index (χ0n) is 69.1. The summed E-state index contributed by atoms with van der Waals surface area (Å²) in [6, 6.07) is -19.1. The summed E-state index contributed by atoms with van der Waals surface area (Å²) >= 11 is 0. The quantitative estimate of drug-likeness (QED) is 0.0196. The van der Waals surface area contributed by atoms with Crippen molar-refractivity contribution in [3.8, 4) is 0 Å². The number of allylic oxidation sites excluding steroid dienone is 1. The van der Waals surface area contributed by atoms with Crippen molar-refractivity contribution in [1.82, 2.24) is 83.8 Å². The van der Waals surface area contributed by atoms with E-state index in [1.807, 2.05) is 0 Å². The lowest BCUT2D eigenvalue weighted by Gasteiger charge is -2.40. The van der Waals surface area contributed by atoms with E-state index in [-0.39, 0.29) is 31.3 Å². The molecule has 3 heterocycles. The van der Waals surface area contributed by atoms with E-state index in [4.69, 9.17) is 4.74 Å². The molecule has 0 spiro atoms.